The van der Waals surface area contributed by atoms with Gasteiger partial charge in [0.05, 0.1) is 0 Å². The van der Waals surface area contributed by atoms with Gasteiger partial charge in [0.15, 0.2) is 0 Å². The van der Waals surface area contributed by atoms with Crippen molar-refractivity contribution in [2.24, 2.45) is 0 Å². The molecule has 1 N–H and O–H groups in total. The molecule has 0 aromatic heterocycles. The van der Waals surface area contributed by atoms with Crippen LogP contribution in [0.15, 0.2) is 0 Å². The summed E-state index contributed by atoms with van der Waals surface area (Å²) in [5.74, 6) is 0.359. The molecule has 0 radical (unpaired) electrons. The molecule has 1 unspecified atom stereocenters. The molecule has 100 valence electrons. The summed E-state index contributed by atoms with van der Waals surface area (Å²) < 4.78 is 0. The van der Waals surface area contributed by atoms with Gasteiger partial charge >= 0.3 is 0 Å². The molecule has 17 heavy (non-hydrogen) atoms. The number of hydrogen-bond acceptors (Lipinski definition) is 2. The van der Waals surface area contributed by atoms with Gasteiger partial charge in [0.2, 0.25) is 5.91 Å². The van der Waals surface area contributed by atoms with Crippen molar-refractivity contribution in [3.63, 3.8) is 0 Å². The van der Waals surface area contributed by atoms with Crippen LogP contribution in [0.25, 0.3) is 0 Å². The van der Waals surface area contributed by atoms with E-state index in [1.54, 1.807) is 0 Å². The number of unbranched alkanes of at least 4 members (excludes halogenated alkanes) is 3. The standard InChI is InChI=1S/C14H28N2O/c1-3-5-6-7-10-14(17)16(4-2)13-9-8-11-15-12-13/h13,15H,3-12H2,1-2H3. The summed E-state index contributed by atoms with van der Waals surface area (Å²) in [6.45, 7) is 7.25. The lowest BCUT2D eigenvalue weighted by atomic mass is 10.0. The van der Waals surface area contributed by atoms with Crippen LogP contribution < -0.4 is 5.32 Å². The molecule has 0 spiro atoms. The van der Waals surface area contributed by atoms with E-state index in [1.165, 1.54) is 32.1 Å². The lowest BCUT2D eigenvalue weighted by Gasteiger charge is -2.34. The van der Waals surface area contributed by atoms with Crippen molar-refractivity contribution in [2.45, 2.75) is 64.8 Å². The second kappa shape index (κ2) is 8.51. The highest BCUT2D eigenvalue weighted by Crippen LogP contribution is 2.13. The Hall–Kier alpha value is -0.570. The number of nitrogens with one attached hydrogen (secondary N) is 1. The van der Waals surface area contributed by atoms with Crippen molar-refractivity contribution >= 4 is 5.91 Å². The zero-order valence-corrected chi connectivity index (χ0v) is 11.5. The van der Waals surface area contributed by atoms with Crippen LogP contribution in [0.1, 0.15) is 58.8 Å². The van der Waals surface area contributed by atoms with Gasteiger partial charge in [-0.05, 0) is 32.7 Å². The van der Waals surface area contributed by atoms with Crippen LogP contribution in [0, 0.1) is 0 Å². The van der Waals surface area contributed by atoms with Crippen LogP contribution in [0.4, 0.5) is 0 Å². The van der Waals surface area contributed by atoms with Crippen molar-refractivity contribution in [3.05, 3.63) is 0 Å². The molecule has 1 aliphatic rings. The normalized spacial score (nSPS) is 20.2. The van der Waals surface area contributed by atoms with Gasteiger partial charge in [-0.3, -0.25) is 4.79 Å². The second-order valence-corrected chi connectivity index (χ2v) is 4.99. The molecular formula is C14H28N2O. The van der Waals surface area contributed by atoms with E-state index in [0.29, 0.717) is 11.9 Å². The van der Waals surface area contributed by atoms with Gasteiger partial charge in [-0.1, -0.05) is 26.2 Å². The Morgan fingerprint density at radius 2 is 2.12 bits per heavy atom. The van der Waals surface area contributed by atoms with E-state index in [0.717, 1.165) is 32.5 Å². The molecular weight excluding hydrogens is 212 g/mol. The maximum Gasteiger partial charge on any atom is 0.222 e. The quantitative estimate of drug-likeness (QED) is 0.694. The van der Waals surface area contributed by atoms with E-state index in [2.05, 4.69) is 24.1 Å². The van der Waals surface area contributed by atoms with Gasteiger partial charge in [-0.2, -0.15) is 0 Å². The van der Waals surface area contributed by atoms with Crippen molar-refractivity contribution < 1.29 is 4.79 Å². The highest BCUT2D eigenvalue weighted by molar-refractivity contribution is 5.76. The van der Waals surface area contributed by atoms with Crippen molar-refractivity contribution in [1.82, 2.24) is 10.2 Å². The smallest absolute Gasteiger partial charge is 0.222 e. The molecule has 0 aliphatic carbocycles. The van der Waals surface area contributed by atoms with Crippen LogP contribution in [0.2, 0.25) is 0 Å². The first-order chi connectivity index (χ1) is 8.29. The monoisotopic (exact) mass is 240 g/mol. The van der Waals surface area contributed by atoms with E-state index >= 15 is 0 Å². The summed E-state index contributed by atoms with van der Waals surface area (Å²) >= 11 is 0. The van der Waals surface area contributed by atoms with Gasteiger partial charge in [0.25, 0.3) is 0 Å². The summed E-state index contributed by atoms with van der Waals surface area (Å²) in [6.07, 6.45) is 7.85. The predicted octanol–water partition coefficient (Wildman–Crippen LogP) is 2.56. The SMILES string of the molecule is CCCCCCC(=O)N(CC)C1CCCNC1. The van der Waals surface area contributed by atoms with E-state index in [1.807, 2.05) is 0 Å². The van der Waals surface area contributed by atoms with Crippen molar-refractivity contribution in [2.75, 3.05) is 19.6 Å². The van der Waals surface area contributed by atoms with E-state index in [4.69, 9.17) is 0 Å². The number of piperidine rings is 1. The number of amides is 1. The number of hydrogen-bond donors (Lipinski definition) is 1. The molecule has 1 aliphatic heterocycles. The van der Waals surface area contributed by atoms with Crippen molar-refractivity contribution in [1.29, 1.82) is 0 Å². The summed E-state index contributed by atoms with van der Waals surface area (Å²) in [4.78, 5) is 14.2. The van der Waals surface area contributed by atoms with Gasteiger partial charge in [-0.15, -0.1) is 0 Å². The summed E-state index contributed by atoms with van der Waals surface area (Å²) in [6, 6.07) is 0.437. The molecule has 0 aromatic carbocycles. The lowest BCUT2D eigenvalue weighted by molar-refractivity contribution is -0.133. The average molecular weight is 240 g/mol. The minimum atomic E-state index is 0.359. The first-order valence-corrected chi connectivity index (χ1v) is 7.29. The van der Waals surface area contributed by atoms with Gasteiger partial charge in [-0.25, -0.2) is 0 Å². The maximum absolute atomic E-state index is 12.1. The van der Waals surface area contributed by atoms with Crippen LogP contribution >= 0.6 is 0 Å². The zero-order valence-electron chi connectivity index (χ0n) is 11.5. The predicted molar refractivity (Wildman–Crippen MR) is 72.0 cm³/mol. The van der Waals surface area contributed by atoms with Crippen LogP contribution in [0.5, 0.6) is 0 Å². The third-order valence-electron chi connectivity index (χ3n) is 3.62. The Balaban J connectivity index is 2.29. The molecule has 1 atom stereocenters. The number of carbonyl (C=O) groups is 1. The molecule has 0 aromatic rings. The van der Waals surface area contributed by atoms with Gasteiger partial charge < -0.3 is 10.2 Å². The fourth-order valence-corrected chi connectivity index (χ4v) is 2.58. The molecule has 3 heteroatoms. The second-order valence-electron chi connectivity index (χ2n) is 4.99. The minimum absolute atomic E-state index is 0.359. The van der Waals surface area contributed by atoms with Crippen LogP contribution in [0.3, 0.4) is 0 Å². The van der Waals surface area contributed by atoms with Crippen molar-refractivity contribution in [3.8, 4) is 0 Å². The molecule has 1 amide bonds. The summed E-state index contributed by atoms with van der Waals surface area (Å²) in [5.41, 5.74) is 0. The van der Waals surface area contributed by atoms with E-state index in [9.17, 15) is 4.79 Å². The van der Waals surface area contributed by atoms with Gasteiger partial charge in [0, 0.05) is 25.6 Å². The average Bonchev–Trinajstić information content (AvgIpc) is 2.37. The Morgan fingerprint density at radius 3 is 2.71 bits per heavy atom. The van der Waals surface area contributed by atoms with Crippen LogP contribution in [-0.4, -0.2) is 36.5 Å². The largest absolute Gasteiger partial charge is 0.339 e. The number of carbonyl (C=O) groups excluding carboxylic acids is 1. The topological polar surface area (TPSA) is 32.3 Å². The van der Waals surface area contributed by atoms with Gasteiger partial charge in [0.1, 0.15) is 0 Å². The Kier molecular flexibility index (Phi) is 7.25. The number of rotatable bonds is 7. The Bertz CT molecular complexity index is 212. The fourth-order valence-electron chi connectivity index (χ4n) is 2.58. The Morgan fingerprint density at radius 1 is 1.29 bits per heavy atom. The maximum atomic E-state index is 12.1. The number of likely N-dealkylation sites (N-methyl/N-ethyl adjacent to an activating group) is 1. The highest BCUT2D eigenvalue weighted by atomic mass is 16.2. The molecule has 1 heterocycles. The van der Waals surface area contributed by atoms with E-state index < -0.39 is 0 Å². The fraction of sp³-hybridized carbons (Fsp3) is 0.929. The molecule has 1 saturated heterocycles. The number of nitrogens with zero attached hydrogens (tertiary/aromatic N) is 1. The summed E-state index contributed by atoms with van der Waals surface area (Å²) in [5, 5.41) is 3.39. The molecule has 0 saturated carbocycles. The molecule has 3 nitrogen and oxygen atoms in total. The minimum Gasteiger partial charge on any atom is -0.339 e. The first kappa shape index (κ1) is 14.5. The third kappa shape index (κ3) is 5.07. The third-order valence-corrected chi connectivity index (χ3v) is 3.62. The highest BCUT2D eigenvalue weighted by Gasteiger charge is 2.23. The molecule has 1 fully saturated rings. The zero-order chi connectivity index (χ0) is 12.5. The Labute approximate surface area is 106 Å². The lowest BCUT2D eigenvalue weighted by Crippen LogP contribution is -2.48. The molecule has 0 bridgehead atoms. The van der Waals surface area contributed by atoms with E-state index in [-0.39, 0.29) is 0 Å². The first-order valence-electron chi connectivity index (χ1n) is 7.29. The van der Waals surface area contributed by atoms with Crippen LogP contribution in [-0.2, 0) is 4.79 Å². The molecule has 1 rings (SSSR count). The summed E-state index contributed by atoms with van der Waals surface area (Å²) in [7, 11) is 0.